The molecular weight excluding hydrogens is 289 g/mol. The van der Waals surface area contributed by atoms with E-state index < -0.39 is 0 Å². The van der Waals surface area contributed by atoms with E-state index in [1.807, 2.05) is 0 Å². The van der Waals surface area contributed by atoms with Crippen molar-refractivity contribution in [2.45, 2.75) is 0 Å². The molecule has 0 fully saturated rings. The van der Waals surface area contributed by atoms with Crippen molar-refractivity contribution in [1.29, 1.82) is 0 Å². The molecule has 7 nitrogen and oxygen atoms in total. The van der Waals surface area contributed by atoms with E-state index in [2.05, 4.69) is 15.1 Å². The number of anilines is 1. The van der Waals surface area contributed by atoms with Crippen LogP contribution in [0.5, 0.6) is 17.6 Å². The average molecular weight is 301 g/mol. The summed E-state index contributed by atoms with van der Waals surface area (Å²) >= 11 is 0. The third-order valence-corrected chi connectivity index (χ3v) is 2.81. The minimum Gasteiger partial charge on any atom is -0.467 e. The van der Waals surface area contributed by atoms with Gasteiger partial charge in [-0.05, 0) is 24.3 Å². The lowest BCUT2D eigenvalue weighted by atomic mass is 10.3. The summed E-state index contributed by atoms with van der Waals surface area (Å²) < 4.78 is 24.3. The molecule has 0 saturated heterocycles. The maximum Gasteiger partial charge on any atom is 0.316 e. The SMILES string of the molecule is COc1ncc(-n2ccc(Oc3ccc(NF)cc3)n2)cn1. The zero-order valence-electron chi connectivity index (χ0n) is 11.6. The standard InChI is InChI=1S/C14H12FN5O2/c1-21-14-16-8-11(9-17-14)20-7-6-13(19-20)22-12-4-2-10(18-15)3-5-12/h2-9,18H,1H3. The quantitative estimate of drug-likeness (QED) is 0.730. The molecule has 0 spiro atoms. The number of ether oxygens (including phenoxy) is 2. The summed E-state index contributed by atoms with van der Waals surface area (Å²) in [5, 5.41) is 4.26. The summed E-state index contributed by atoms with van der Waals surface area (Å²) in [6.07, 6.45) is 4.90. The first-order valence-corrected chi connectivity index (χ1v) is 6.35. The van der Waals surface area contributed by atoms with Crippen LogP contribution in [-0.4, -0.2) is 26.9 Å². The lowest BCUT2D eigenvalue weighted by Gasteiger charge is -2.03. The monoisotopic (exact) mass is 301 g/mol. The van der Waals surface area contributed by atoms with Gasteiger partial charge in [0.25, 0.3) is 0 Å². The topological polar surface area (TPSA) is 74.1 Å². The number of methoxy groups -OCH3 is 1. The van der Waals surface area contributed by atoms with Gasteiger partial charge in [-0.25, -0.2) is 20.2 Å². The lowest BCUT2D eigenvalue weighted by Crippen LogP contribution is -1.99. The van der Waals surface area contributed by atoms with Crippen molar-refractivity contribution < 1.29 is 14.0 Å². The van der Waals surface area contributed by atoms with E-state index in [9.17, 15) is 4.48 Å². The van der Waals surface area contributed by atoms with Crippen molar-refractivity contribution in [2.75, 3.05) is 12.6 Å². The summed E-state index contributed by atoms with van der Waals surface area (Å²) in [5.74, 6) is 0.951. The first-order valence-electron chi connectivity index (χ1n) is 6.35. The van der Waals surface area contributed by atoms with Crippen LogP contribution in [0.2, 0.25) is 0 Å². The van der Waals surface area contributed by atoms with Crippen LogP contribution in [0.25, 0.3) is 5.69 Å². The van der Waals surface area contributed by atoms with E-state index in [0.29, 0.717) is 23.0 Å². The van der Waals surface area contributed by atoms with Gasteiger partial charge < -0.3 is 9.47 Å². The maximum atomic E-state index is 12.2. The van der Waals surface area contributed by atoms with Crippen LogP contribution < -0.4 is 15.0 Å². The molecule has 0 radical (unpaired) electrons. The first kappa shape index (κ1) is 13.8. The number of nitrogens with one attached hydrogen (secondary N) is 1. The number of hydrogen-bond donors (Lipinski definition) is 1. The van der Waals surface area contributed by atoms with Crippen molar-refractivity contribution in [1.82, 2.24) is 19.7 Å². The van der Waals surface area contributed by atoms with Gasteiger partial charge in [-0.15, -0.1) is 9.58 Å². The highest BCUT2D eigenvalue weighted by Crippen LogP contribution is 2.22. The molecule has 0 unspecified atom stereocenters. The number of benzene rings is 1. The number of aromatic nitrogens is 4. The van der Waals surface area contributed by atoms with E-state index in [1.54, 1.807) is 59.1 Å². The van der Waals surface area contributed by atoms with Crippen molar-refractivity contribution in [3.63, 3.8) is 0 Å². The van der Waals surface area contributed by atoms with Gasteiger partial charge in [0.1, 0.15) is 11.4 Å². The zero-order chi connectivity index (χ0) is 15.4. The summed E-state index contributed by atoms with van der Waals surface area (Å²) in [6, 6.07) is 8.38. The van der Waals surface area contributed by atoms with E-state index in [0.717, 1.165) is 0 Å². The molecule has 0 aliphatic carbocycles. The zero-order valence-corrected chi connectivity index (χ0v) is 11.6. The summed E-state index contributed by atoms with van der Waals surface area (Å²) in [4.78, 5) is 8.02. The number of nitrogens with zero attached hydrogens (tertiary/aromatic N) is 4. The van der Waals surface area contributed by atoms with Crippen LogP contribution in [-0.2, 0) is 0 Å². The Kier molecular flexibility index (Phi) is 3.82. The van der Waals surface area contributed by atoms with Crippen LogP contribution in [0, 0.1) is 0 Å². The van der Waals surface area contributed by atoms with Crippen molar-refractivity contribution >= 4 is 5.69 Å². The predicted octanol–water partition coefficient (Wildman–Crippen LogP) is 2.76. The Morgan fingerprint density at radius 3 is 2.45 bits per heavy atom. The van der Waals surface area contributed by atoms with Crippen LogP contribution in [0.1, 0.15) is 0 Å². The molecule has 0 atom stereocenters. The van der Waals surface area contributed by atoms with E-state index >= 15 is 0 Å². The molecule has 3 aromatic rings. The van der Waals surface area contributed by atoms with Gasteiger partial charge in [-0.1, -0.05) is 0 Å². The Morgan fingerprint density at radius 2 is 1.82 bits per heavy atom. The summed E-state index contributed by atoms with van der Waals surface area (Å²) in [6.45, 7) is 0. The van der Waals surface area contributed by atoms with E-state index in [-0.39, 0.29) is 6.01 Å². The molecule has 0 amide bonds. The third kappa shape index (κ3) is 2.95. The highest BCUT2D eigenvalue weighted by atomic mass is 19.2. The molecule has 1 aromatic carbocycles. The minimum atomic E-state index is 0.286. The Bertz CT molecular complexity index is 743. The largest absolute Gasteiger partial charge is 0.467 e. The first-order chi connectivity index (χ1) is 10.8. The molecule has 1 N–H and O–H groups in total. The fraction of sp³-hybridized carbons (Fsp3) is 0.0714. The normalized spacial score (nSPS) is 10.3. The fourth-order valence-corrected chi connectivity index (χ4v) is 1.75. The summed E-state index contributed by atoms with van der Waals surface area (Å²) in [5.41, 5.74) is 2.58. The predicted molar refractivity (Wildman–Crippen MR) is 77.0 cm³/mol. The minimum absolute atomic E-state index is 0.286. The van der Waals surface area contributed by atoms with Gasteiger partial charge in [0.15, 0.2) is 0 Å². The second kappa shape index (κ2) is 6.08. The van der Waals surface area contributed by atoms with E-state index in [1.165, 1.54) is 7.11 Å². The number of rotatable bonds is 5. The molecule has 3 rings (SSSR count). The third-order valence-electron chi connectivity index (χ3n) is 2.81. The molecule has 112 valence electrons. The Balaban J connectivity index is 1.74. The van der Waals surface area contributed by atoms with Crippen LogP contribution in [0.3, 0.4) is 0 Å². The average Bonchev–Trinajstić information content (AvgIpc) is 3.04. The Morgan fingerprint density at radius 1 is 1.09 bits per heavy atom. The molecule has 0 saturated carbocycles. The Labute approximate surface area is 125 Å². The van der Waals surface area contributed by atoms with Gasteiger partial charge in [-0.2, -0.15) is 0 Å². The van der Waals surface area contributed by atoms with Gasteiger partial charge in [0.05, 0.1) is 25.2 Å². The van der Waals surface area contributed by atoms with Crippen molar-refractivity contribution in [3.05, 3.63) is 48.9 Å². The van der Waals surface area contributed by atoms with E-state index in [4.69, 9.17) is 9.47 Å². The van der Waals surface area contributed by atoms with Gasteiger partial charge in [0, 0.05) is 12.3 Å². The second-order valence-corrected chi connectivity index (χ2v) is 4.25. The smallest absolute Gasteiger partial charge is 0.316 e. The van der Waals surface area contributed by atoms with Gasteiger partial charge in [0.2, 0.25) is 5.88 Å². The number of halogens is 1. The number of hydrogen-bond acceptors (Lipinski definition) is 6. The molecule has 22 heavy (non-hydrogen) atoms. The van der Waals surface area contributed by atoms with Crippen LogP contribution >= 0.6 is 0 Å². The van der Waals surface area contributed by atoms with Gasteiger partial charge in [-0.3, -0.25) is 0 Å². The molecule has 0 aliphatic rings. The lowest BCUT2D eigenvalue weighted by molar-refractivity contribution is 0.379. The molecule has 2 heterocycles. The summed E-state index contributed by atoms with van der Waals surface area (Å²) in [7, 11) is 1.50. The molecular formula is C14H12FN5O2. The maximum absolute atomic E-state index is 12.2. The highest BCUT2D eigenvalue weighted by molar-refractivity contribution is 5.45. The molecule has 2 aromatic heterocycles. The Hall–Kier alpha value is -3.16. The van der Waals surface area contributed by atoms with Crippen LogP contribution in [0.4, 0.5) is 10.2 Å². The van der Waals surface area contributed by atoms with Gasteiger partial charge >= 0.3 is 6.01 Å². The fourth-order valence-electron chi connectivity index (χ4n) is 1.75. The van der Waals surface area contributed by atoms with Crippen molar-refractivity contribution in [3.8, 4) is 23.3 Å². The van der Waals surface area contributed by atoms with Crippen LogP contribution in [0.15, 0.2) is 48.9 Å². The second-order valence-electron chi connectivity index (χ2n) is 4.25. The molecule has 0 bridgehead atoms. The molecule has 8 heteroatoms. The highest BCUT2D eigenvalue weighted by Gasteiger charge is 2.05. The van der Waals surface area contributed by atoms with Crippen molar-refractivity contribution in [2.24, 2.45) is 0 Å². The molecule has 0 aliphatic heterocycles.